The summed E-state index contributed by atoms with van der Waals surface area (Å²) in [5.74, 6) is 0.104. The van der Waals surface area contributed by atoms with Crippen molar-refractivity contribution in [2.75, 3.05) is 7.11 Å². The van der Waals surface area contributed by atoms with Gasteiger partial charge >= 0.3 is 5.97 Å². The lowest BCUT2D eigenvalue weighted by Gasteiger charge is -2.24. The number of halogens is 1. The number of hydrogen-bond donors (Lipinski definition) is 0. The van der Waals surface area contributed by atoms with Crippen molar-refractivity contribution in [2.45, 2.75) is 31.7 Å². The Morgan fingerprint density at radius 1 is 1.16 bits per heavy atom. The van der Waals surface area contributed by atoms with Gasteiger partial charge in [-0.2, -0.15) is 0 Å². The molecule has 5 rings (SSSR count). The maximum atomic E-state index is 13.3. The zero-order chi connectivity index (χ0) is 21.4. The summed E-state index contributed by atoms with van der Waals surface area (Å²) in [5, 5.41) is 1.98. The Kier molecular flexibility index (Phi) is 5.16. The van der Waals surface area contributed by atoms with Crippen molar-refractivity contribution in [3.8, 4) is 0 Å². The molecule has 1 fully saturated rings. The van der Waals surface area contributed by atoms with Gasteiger partial charge in [0.05, 0.1) is 12.5 Å². The number of para-hydroxylation sites is 1. The van der Waals surface area contributed by atoms with Crippen LogP contribution in [-0.4, -0.2) is 25.5 Å². The Morgan fingerprint density at radius 2 is 1.97 bits per heavy atom. The van der Waals surface area contributed by atoms with E-state index >= 15 is 0 Å². The van der Waals surface area contributed by atoms with Gasteiger partial charge in [0.25, 0.3) is 0 Å². The van der Waals surface area contributed by atoms with E-state index in [0.717, 1.165) is 33.8 Å². The van der Waals surface area contributed by atoms with Gasteiger partial charge in [-0.15, -0.1) is 0 Å². The van der Waals surface area contributed by atoms with Gasteiger partial charge in [0.1, 0.15) is 17.3 Å². The minimum Gasteiger partial charge on any atom is -0.467 e. The number of fused-ring (bicyclic) bond motifs is 2. The van der Waals surface area contributed by atoms with Crippen LogP contribution in [0.15, 0.2) is 77.1 Å². The van der Waals surface area contributed by atoms with Gasteiger partial charge in [-0.05, 0) is 48.3 Å². The van der Waals surface area contributed by atoms with Crippen LogP contribution < -0.4 is 10.6 Å². The summed E-state index contributed by atoms with van der Waals surface area (Å²) in [7, 11) is 1.35. The molecular weight excluding hydrogens is 397 g/mol. The molecule has 0 radical (unpaired) electrons. The quantitative estimate of drug-likeness (QED) is 0.700. The monoisotopic (exact) mass is 419 g/mol. The van der Waals surface area contributed by atoms with Crippen LogP contribution in [0.5, 0.6) is 0 Å². The number of methoxy groups -OCH3 is 1. The molecule has 1 saturated heterocycles. The van der Waals surface area contributed by atoms with E-state index in [1.54, 1.807) is 0 Å². The first-order chi connectivity index (χ1) is 15.1. The second-order valence-corrected chi connectivity index (χ2v) is 7.82. The largest absolute Gasteiger partial charge is 0.467 e. The van der Waals surface area contributed by atoms with Crippen molar-refractivity contribution < 1.29 is 23.4 Å². The molecule has 1 aliphatic carbocycles. The maximum Gasteiger partial charge on any atom is 0.335 e. The van der Waals surface area contributed by atoms with E-state index in [2.05, 4.69) is 12.1 Å². The van der Waals surface area contributed by atoms with Gasteiger partial charge in [0, 0.05) is 17.6 Å². The van der Waals surface area contributed by atoms with Crippen molar-refractivity contribution >= 4 is 11.5 Å². The SMILES string of the molecule is COC(=O)C1CCC(OC2=C3N=c4ccccc4=C3C(Cc3ccc(F)cc3)C=C2)O1. The predicted molar refractivity (Wildman–Crippen MR) is 111 cm³/mol. The summed E-state index contributed by atoms with van der Waals surface area (Å²) < 4.78 is 30.0. The molecular formula is C25H22FNO4. The van der Waals surface area contributed by atoms with E-state index in [1.807, 2.05) is 36.4 Å². The molecule has 0 amide bonds. The molecule has 3 unspecified atom stereocenters. The third kappa shape index (κ3) is 3.79. The second kappa shape index (κ2) is 8.12. The van der Waals surface area contributed by atoms with E-state index < -0.39 is 12.4 Å². The molecule has 2 aromatic carbocycles. The highest BCUT2D eigenvalue weighted by molar-refractivity contribution is 5.75. The van der Waals surface area contributed by atoms with Gasteiger partial charge in [-0.25, -0.2) is 14.2 Å². The standard InChI is InChI=1S/C25H22FNO4/c1-29-25(28)21-12-13-22(31-21)30-20-11-8-16(14-15-6-9-17(26)10-7-15)23-18-4-2-3-5-19(18)27-24(20)23/h2-11,16,21-22H,12-14H2,1H3. The summed E-state index contributed by atoms with van der Waals surface area (Å²) in [6, 6.07) is 14.6. The molecule has 2 aliphatic heterocycles. The van der Waals surface area contributed by atoms with E-state index in [-0.39, 0.29) is 17.7 Å². The predicted octanol–water partition coefficient (Wildman–Crippen LogP) is 2.94. The fourth-order valence-electron chi connectivity index (χ4n) is 4.33. The fraction of sp³-hybridized carbons (Fsp3) is 0.280. The smallest absolute Gasteiger partial charge is 0.335 e. The maximum absolute atomic E-state index is 13.3. The minimum atomic E-state index is -0.597. The normalized spacial score (nSPS) is 23.9. The number of esters is 1. The first-order valence-electron chi connectivity index (χ1n) is 10.4. The van der Waals surface area contributed by atoms with Gasteiger partial charge in [0.2, 0.25) is 6.29 Å². The highest BCUT2D eigenvalue weighted by Crippen LogP contribution is 2.36. The van der Waals surface area contributed by atoms with Crippen molar-refractivity contribution in [1.82, 2.24) is 0 Å². The van der Waals surface area contributed by atoms with Crippen molar-refractivity contribution in [3.05, 3.63) is 94.1 Å². The van der Waals surface area contributed by atoms with E-state index in [1.165, 1.54) is 19.2 Å². The number of nitrogens with zero attached hydrogens (tertiary/aromatic N) is 1. The van der Waals surface area contributed by atoms with Crippen LogP contribution >= 0.6 is 0 Å². The number of carbonyl (C=O) groups is 1. The van der Waals surface area contributed by atoms with Crippen LogP contribution in [0.2, 0.25) is 0 Å². The lowest BCUT2D eigenvalue weighted by Crippen LogP contribution is -2.25. The van der Waals surface area contributed by atoms with E-state index in [9.17, 15) is 9.18 Å². The molecule has 3 aliphatic rings. The first kappa shape index (κ1) is 19.7. The molecule has 5 nitrogen and oxygen atoms in total. The zero-order valence-electron chi connectivity index (χ0n) is 17.1. The van der Waals surface area contributed by atoms with Gasteiger partial charge in [-0.3, -0.25) is 0 Å². The number of rotatable bonds is 5. The van der Waals surface area contributed by atoms with Crippen LogP contribution in [0.3, 0.4) is 0 Å². The molecule has 0 spiro atoms. The Balaban J connectivity index is 1.45. The molecule has 158 valence electrons. The Hall–Kier alpha value is -3.25. The zero-order valence-corrected chi connectivity index (χ0v) is 17.1. The summed E-state index contributed by atoms with van der Waals surface area (Å²) in [6.07, 6.45) is 4.80. The van der Waals surface area contributed by atoms with E-state index in [0.29, 0.717) is 18.6 Å². The van der Waals surface area contributed by atoms with Crippen molar-refractivity contribution in [2.24, 2.45) is 10.9 Å². The topological polar surface area (TPSA) is 57.1 Å². The first-order valence-corrected chi connectivity index (χ1v) is 10.4. The van der Waals surface area contributed by atoms with Crippen LogP contribution in [0.25, 0.3) is 5.57 Å². The second-order valence-electron chi connectivity index (χ2n) is 7.82. The number of allylic oxidation sites excluding steroid dienone is 3. The number of ether oxygens (including phenoxy) is 3. The lowest BCUT2D eigenvalue weighted by molar-refractivity contribution is -0.164. The molecule has 3 atom stereocenters. The van der Waals surface area contributed by atoms with Gasteiger partial charge < -0.3 is 14.2 Å². The summed E-state index contributed by atoms with van der Waals surface area (Å²) in [4.78, 5) is 16.6. The van der Waals surface area contributed by atoms with Crippen molar-refractivity contribution in [1.29, 1.82) is 0 Å². The van der Waals surface area contributed by atoms with Crippen molar-refractivity contribution in [3.63, 3.8) is 0 Å². The Labute approximate surface area is 179 Å². The highest BCUT2D eigenvalue weighted by atomic mass is 19.1. The lowest BCUT2D eigenvalue weighted by atomic mass is 9.85. The van der Waals surface area contributed by atoms with E-state index in [4.69, 9.17) is 19.2 Å². The molecule has 2 aromatic rings. The number of benzene rings is 2. The van der Waals surface area contributed by atoms with Gasteiger partial charge in [-0.1, -0.05) is 36.4 Å². The Morgan fingerprint density at radius 3 is 2.77 bits per heavy atom. The summed E-state index contributed by atoms with van der Waals surface area (Å²) >= 11 is 0. The van der Waals surface area contributed by atoms with Gasteiger partial charge in [0.15, 0.2) is 6.10 Å². The molecule has 31 heavy (non-hydrogen) atoms. The molecule has 0 bridgehead atoms. The molecule has 0 saturated carbocycles. The highest BCUT2D eigenvalue weighted by Gasteiger charge is 2.35. The minimum absolute atomic E-state index is 0.0903. The summed E-state index contributed by atoms with van der Waals surface area (Å²) in [5.41, 5.74) is 2.94. The third-order valence-electron chi connectivity index (χ3n) is 5.84. The van der Waals surface area contributed by atoms with Crippen LogP contribution in [0, 0.1) is 11.7 Å². The number of carbonyl (C=O) groups excluding carboxylic acids is 1. The third-order valence-corrected chi connectivity index (χ3v) is 5.84. The molecule has 6 heteroatoms. The van der Waals surface area contributed by atoms with Crippen LogP contribution in [0.1, 0.15) is 18.4 Å². The number of hydrogen-bond acceptors (Lipinski definition) is 5. The molecule has 0 N–H and O–H groups in total. The molecule has 2 heterocycles. The van der Waals surface area contributed by atoms with Crippen LogP contribution in [0.4, 0.5) is 4.39 Å². The average Bonchev–Trinajstić information content (AvgIpc) is 3.41. The summed E-state index contributed by atoms with van der Waals surface area (Å²) in [6.45, 7) is 0. The van der Waals surface area contributed by atoms with Crippen LogP contribution in [-0.2, 0) is 25.4 Å². The fourth-order valence-corrected chi connectivity index (χ4v) is 4.33. The average molecular weight is 419 g/mol. The molecule has 0 aromatic heterocycles. The Bertz CT molecular complexity index is 1200.